The highest BCUT2D eigenvalue weighted by atomic mass is 16.6. The highest BCUT2D eigenvalue weighted by Crippen LogP contribution is 2.34. The molecule has 1 aliphatic rings. The Bertz CT molecular complexity index is 485. The fraction of sp³-hybridized carbons (Fsp3) is 0.462. The Hall–Kier alpha value is -1.43. The van der Waals surface area contributed by atoms with E-state index in [1.165, 1.54) is 0 Å². The normalized spacial score (nSPS) is 19.0. The molecule has 1 atom stereocenters. The first-order valence-electron chi connectivity index (χ1n) is 5.82. The minimum atomic E-state index is -1.16. The van der Waals surface area contributed by atoms with Crippen molar-refractivity contribution in [2.24, 2.45) is 5.73 Å². The summed E-state index contributed by atoms with van der Waals surface area (Å²) in [5.74, 6) is -0.478. The van der Waals surface area contributed by atoms with Crippen LogP contribution in [-0.2, 0) is 10.3 Å². The van der Waals surface area contributed by atoms with Crippen LogP contribution in [0.25, 0.3) is 0 Å². The Morgan fingerprint density at radius 2 is 2.17 bits per heavy atom. The molecule has 1 aromatic rings. The van der Waals surface area contributed by atoms with E-state index in [1.807, 2.05) is 31.9 Å². The summed E-state index contributed by atoms with van der Waals surface area (Å²) in [7, 11) is 1.92. The molecule has 98 valence electrons. The lowest BCUT2D eigenvalue weighted by Gasteiger charge is -2.35. The molecule has 1 aromatic carbocycles. The SMILES string of the molecule is CN(CN)C(C)(C)c1ccc2c(c1)C(O)OC2=O. The summed E-state index contributed by atoms with van der Waals surface area (Å²) < 4.78 is 4.76. The summed E-state index contributed by atoms with van der Waals surface area (Å²) in [4.78, 5) is 13.4. The van der Waals surface area contributed by atoms with Crippen LogP contribution in [0, 0.1) is 0 Å². The lowest BCUT2D eigenvalue weighted by molar-refractivity contribution is -0.0548. The van der Waals surface area contributed by atoms with E-state index < -0.39 is 12.3 Å². The highest BCUT2D eigenvalue weighted by molar-refractivity contribution is 5.93. The number of cyclic esters (lactones) is 1. The number of rotatable bonds is 3. The van der Waals surface area contributed by atoms with Crippen LogP contribution in [0.15, 0.2) is 18.2 Å². The molecule has 5 nitrogen and oxygen atoms in total. The van der Waals surface area contributed by atoms with Gasteiger partial charge in [-0.15, -0.1) is 0 Å². The summed E-state index contributed by atoms with van der Waals surface area (Å²) >= 11 is 0. The van der Waals surface area contributed by atoms with Crippen molar-refractivity contribution >= 4 is 5.97 Å². The molecule has 3 N–H and O–H groups in total. The van der Waals surface area contributed by atoms with Gasteiger partial charge in [0.1, 0.15) is 0 Å². The molecule has 18 heavy (non-hydrogen) atoms. The molecule has 0 saturated heterocycles. The zero-order valence-corrected chi connectivity index (χ0v) is 10.8. The van der Waals surface area contributed by atoms with Crippen LogP contribution < -0.4 is 5.73 Å². The molecular weight excluding hydrogens is 232 g/mol. The van der Waals surface area contributed by atoms with E-state index in [0.29, 0.717) is 17.8 Å². The molecule has 0 aliphatic carbocycles. The second kappa shape index (κ2) is 4.35. The van der Waals surface area contributed by atoms with E-state index in [-0.39, 0.29) is 5.54 Å². The van der Waals surface area contributed by atoms with Gasteiger partial charge in [-0.1, -0.05) is 6.07 Å². The first kappa shape index (κ1) is 13.0. The molecule has 0 aromatic heterocycles. The monoisotopic (exact) mass is 250 g/mol. The second-order valence-corrected chi connectivity index (χ2v) is 5.00. The van der Waals surface area contributed by atoms with Gasteiger partial charge >= 0.3 is 5.97 Å². The molecule has 1 unspecified atom stereocenters. The summed E-state index contributed by atoms with van der Waals surface area (Å²) in [5.41, 5.74) is 7.30. The number of hydrogen-bond acceptors (Lipinski definition) is 5. The molecule has 0 fully saturated rings. The fourth-order valence-corrected chi connectivity index (χ4v) is 2.01. The van der Waals surface area contributed by atoms with Crippen molar-refractivity contribution in [3.8, 4) is 0 Å². The van der Waals surface area contributed by atoms with Crippen molar-refractivity contribution in [1.82, 2.24) is 4.90 Å². The second-order valence-electron chi connectivity index (χ2n) is 5.00. The number of hydrogen-bond donors (Lipinski definition) is 2. The number of fused-ring (bicyclic) bond motifs is 1. The summed E-state index contributed by atoms with van der Waals surface area (Å²) in [5, 5.41) is 9.66. The van der Waals surface area contributed by atoms with Crippen LogP contribution in [0.3, 0.4) is 0 Å². The fourth-order valence-electron chi connectivity index (χ4n) is 2.01. The maximum atomic E-state index is 11.4. The maximum Gasteiger partial charge on any atom is 0.341 e. The minimum Gasteiger partial charge on any atom is -0.428 e. The molecular formula is C13H18N2O3. The van der Waals surface area contributed by atoms with Crippen LogP contribution >= 0.6 is 0 Å². The first-order valence-corrected chi connectivity index (χ1v) is 5.82. The van der Waals surface area contributed by atoms with Crippen molar-refractivity contribution in [3.63, 3.8) is 0 Å². The molecule has 0 spiro atoms. The average Bonchev–Trinajstić information content (AvgIpc) is 2.63. The summed E-state index contributed by atoms with van der Waals surface area (Å²) in [6.07, 6.45) is -1.16. The molecule has 0 radical (unpaired) electrons. The van der Waals surface area contributed by atoms with Gasteiger partial charge in [0.15, 0.2) is 0 Å². The Balaban J connectivity index is 2.44. The number of nitrogens with zero attached hydrogens (tertiary/aromatic N) is 1. The van der Waals surface area contributed by atoms with Crippen molar-refractivity contribution in [3.05, 3.63) is 34.9 Å². The van der Waals surface area contributed by atoms with Gasteiger partial charge < -0.3 is 15.6 Å². The van der Waals surface area contributed by atoms with Gasteiger partial charge in [0, 0.05) is 17.8 Å². The van der Waals surface area contributed by atoms with Crippen LogP contribution in [-0.4, -0.2) is 29.7 Å². The molecule has 0 amide bonds. The molecule has 0 bridgehead atoms. The van der Waals surface area contributed by atoms with E-state index in [4.69, 9.17) is 10.5 Å². The van der Waals surface area contributed by atoms with Gasteiger partial charge in [-0.25, -0.2) is 4.79 Å². The Morgan fingerprint density at radius 1 is 1.50 bits per heavy atom. The molecule has 2 rings (SSSR count). The van der Waals surface area contributed by atoms with E-state index in [2.05, 4.69) is 0 Å². The highest BCUT2D eigenvalue weighted by Gasteiger charge is 2.32. The number of carbonyl (C=O) groups excluding carboxylic acids is 1. The number of carbonyl (C=O) groups is 1. The lowest BCUT2D eigenvalue weighted by atomic mass is 9.90. The Labute approximate surface area is 106 Å². The number of ether oxygens (including phenoxy) is 1. The minimum absolute atomic E-state index is 0.283. The Morgan fingerprint density at radius 3 is 2.78 bits per heavy atom. The molecule has 5 heteroatoms. The number of nitrogens with two attached hydrogens (primary N) is 1. The van der Waals surface area contributed by atoms with Gasteiger partial charge in [-0.3, -0.25) is 4.90 Å². The number of aliphatic hydroxyl groups excluding tert-OH is 1. The van der Waals surface area contributed by atoms with Gasteiger partial charge in [0.05, 0.1) is 5.56 Å². The van der Waals surface area contributed by atoms with Crippen molar-refractivity contribution in [1.29, 1.82) is 0 Å². The maximum absolute atomic E-state index is 11.4. The smallest absolute Gasteiger partial charge is 0.341 e. The van der Waals surface area contributed by atoms with Gasteiger partial charge in [0.2, 0.25) is 6.29 Å². The van der Waals surface area contributed by atoms with Crippen molar-refractivity contribution < 1.29 is 14.6 Å². The molecule has 0 saturated carbocycles. The molecule has 1 aliphatic heterocycles. The van der Waals surface area contributed by atoms with Crippen molar-refractivity contribution in [2.75, 3.05) is 13.7 Å². The number of esters is 1. The predicted octanol–water partition coefficient (Wildman–Crippen LogP) is 0.931. The predicted molar refractivity (Wildman–Crippen MR) is 66.7 cm³/mol. The zero-order chi connectivity index (χ0) is 13.5. The third-order valence-corrected chi connectivity index (χ3v) is 3.69. The summed E-state index contributed by atoms with van der Waals surface area (Å²) in [6.45, 7) is 4.49. The lowest BCUT2D eigenvalue weighted by Crippen LogP contribution is -2.42. The first-order chi connectivity index (χ1) is 8.37. The van der Waals surface area contributed by atoms with E-state index >= 15 is 0 Å². The number of benzene rings is 1. The molecule has 1 heterocycles. The van der Waals surface area contributed by atoms with Crippen LogP contribution in [0.4, 0.5) is 0 Å². The van der Waals surface area contributed by atoms with Gasteiger partial charge in [0.25, 0.3) is 0 Å². The van der Waals surface area contributed by atoms with Crippen LogP contribution in [0.1, 0.15) is 41.6 Å². The van der Waals surface area contributed by atoms with E-state index in [9.17, 15) is 9.90 Å². The third kappa shape index (κ3) is 1.90. The van der Waals surface area contributed by atoms with E-state index in [0.717, 1.165) is 5.56 Å². The zero-order valence-electron chi connectivity index (χ0n) is 10.8. The topological polar surface area (TPSA) is 75.8 Å². The van der Waals surface area contributed by atoms with Gasteiger partial charge in [-0.05, 0) is 38.6 Å². The van der Waals surface area contributed by atoms with Gasteiger partial charge in [-0.2, -0.15) is 0 Å². The summed E-state index contributed by atoms with van der Waals surface area (Å²) in [6, 6.07) is 5.36. The Kier molecular flexibility index (Phi) is 3.14. The third-order valence-electron chi connectivity index (χ3n) is 3.69. The van der Waals surface area contributed by atoms with Crippen LogP contribution in [0.5, 0.6) is 0 Å². The number of aliphatic hydroxyl groups is 1. The van der Waals surface area contributed by atoms with Crippen molar-refractivity contribution in [2.45, 2.75) is 25.7 Å². The standard InChI is InChI=1S/C13H18N2O3/c1-13(2,15(3)7-14)8-4-5-9-10(6-8)12(17)18-11(9)16/h4-6,12,17H,7,14H2,1-3H3. The van der Waals surface area contributed by atoms with Crippen LogP contribution in [0.2, 0.25) is 0 Å². The average molecular weight is 250 g/mol. The van der Waals surface area contributed by atoms with E-state index in [1.54, 1.807) is 12.1 Å². The quantitative estimate of drug-likeness (QED) is 0.616. The largest absolute Gasteiger partial charge is 0.428 e.